The molecule has 96 valence electrons. The summed E-state index contributed by atoms with van der Waals surface area (Å²) in [6.07, 6.45) is 3.63. The highest BCUT2D eigenvalue weighted by Gasteiger charge is 2.30. The van der Waals surface area contributed by atoms with E-state index in [0.29, 0.717) is 0 Å². The molecule has 0 amide bonds. The highest BCUT2D eigenvalue weighted by atomic mass is 16.1. The van der Waals surface area contributed by atoms with Crippen LogP contribution in [0.2, 0.25) is 0 Å². The van der Waals surface area contributed by atoms with Crippen molar-refractivity contribution in [3.05, 3.63) is 64.5 Å². The molecule has 0 aliphatic heterocycles. The number of aryl methyl sites for hydroxylation is 3. The Balaban J connectivity index is 1.95. The fraction of sp³-hybridized carbons (Fsp3) is 0.294. The normalized spacial score (nSPS) is 17.3. The first-order valence-electron chi connectivity index (χ1n) is 6.72. The number of aromatic nitrogens is 1. The zero-order valence-electron chi connectivity index (χ0n) is 11.3. The first-order chi connectivity index (χ1) is 9.16. The summed E-state index contributed by atoms with van der Waals surface area (Å²) < 4.78 is 0. The monoisotopic (exact) mass is 251 g/mol. The number of benzene rings is 1. The van der Waals surface area contributed by atoms with Crippen LogP contribution in [-0.2, 0) is 6.42 Å². The van der Waals surface area contributed by atoms with Crippen LogP contribution in [0.3, 0.4) is 0 Å². The molecule has 0 bridgehead atoms. The van der Waals surface area contributed by atoms with Gasteiger partial charge in [0.05, 0.1) is 11.6 Å². The maximum atomic E-state index is 12.6. The number of nitrogens with zero attached hydrogens (tertiary/aromatic N) is 1. The highest BCUT2D eigenvalue weighted by molar-refractivity contribution is 6.01. The highest BCUT2D eigenvalue weighted by Crippen LogP contribution is 2.33. The van der Waals surface area contributed by atoms with Crippen molar-refractivity contribution in [2.24, 2.45) is 0 Å². The van der Waals surface area contributed by atoms with Gasteiger partial charge in [-0.25, -0.2) is 0 Å². The third-order valence-corrected chi connectivity index (χ3v) is 4.07. The summed E-state index contributed by atoms with van der Waals surface area (Å²) >= 11 is 0. The van der Waals surface area contributed by atoms with E-state index in [-0.39, 0.29) is 11.7 Å². The Morgan fingerprint density at radius 1 is 1.21 bits per heavy atom. The molecule has 1 heterocycles. The van der Waals surface area contributed by atoms with Crippen molar-refractivity contribution in [1.82, 2.24) is 4.98 Å². The first kappa shape index (κ1) is 12.1. The Morgan fingerprint density at radius 2 is 2.05 bits per heavy atom. The van der Waals surface area contributed by atoms with Gasteiger partial charge in [0.25, 0.3) is 0 Å². The van der Waals surface area contributed by atoms with Gasteiger partial charge in [0.1, 0.15) is 0 Å². The van der Waals surface area contributed by atoms with Gasteiger partial charge in [-0.05, 0) is 55.5 Å². The van der Waals surface area contributed by atoms with Crippen LogP contribution < -0.4 is 0 Å². The SMILES string of the molecule is Cc1ccc(C(=O)C2CCc3cccnc32)cc1C. The second-order valence-electron chi connectivity index (χ2n) is 5.30. The Hall–Kier alpha value is -1.96. The minimum Gasteiger partial charge on any atom is -0.293 e. The summed E-state index contributed by atoms with van der Waals surface area (Å²) in [6.45, 7) is 4.11. The predicted molar refractivity (Wildman–Crippen MR) is 75.5 cm³/mol. The van der Waals surface area contributed by atoms with Crippen LogP contribution in [0.25, 0.3) is 0 Å². The molecule has 1 aromatic carbocycles. The van der Waals surface area contributed by atoms with Gasteiger partial charge in [-0.15, -0.1) is 0 Å². The standard InChI is InChI=1S/C17H17NO/c1-11-5-6-14(10-12(11)2)17(19)15-8-7-13-4-3-9-18-16(13)15/h3-6,9-10,15H,7-8H2,1-2H3. The van der Waals surface area contributed by atoms with E-state index in [4.69, 9.17) is 0 Å². The van der Waals surface area contributed by atoms with Gasteiger partial charge in [-0.3, -0.25) is 9.78 Å². The Kier molecular flexibility index (Phi) is 2.94. The zero-order chi connectivity index (χ0) is 13.4. The number of hydrogen-bond donors (Lipinski definition) is 0. The van der Waals surface area contributed by atoms with E-state index in [1.165, 1.54) is 16.7 Å². The van der Waals surface area contributed by atoms with Gasteiger partial charge in [0.15, 0.2) is 5.78 Å². The summed E-state index contributed by atoms with van der Waals surface area (Å²) in [4.78, 5) is 17.0. The number of pyridine rings is 1. The number of carbonyl (C=O) groups is 1. The van der Waals surface area contributed by atoms with E-state index < -0.39 is 0 Å². The van der Waals surface area contributed by atoms with Crippen LogP contribution in [-0.4, -0.2) is 10.8 Å². The number of ketones is 1. The van der Waals surface area contributed by atoms with Crippen LogP contribution in [0.4, 0.5) is 0 Å². The lowest BCUT2D eigenvalue weighted by atomic mass is 9.93. The van der Waals surface area contributed by atoms with Crippen LogP contribution in [0.15, 0.2) is 36.5 Å². The van der Waals surface area contributed by atoms with E-state index in [1.807, 2.05) is 31.2 Å². The molecule has 0 saturated carbocycles. The summed E-state index contributed by atoms with van der Waals surface area (Å²) in [5.41, 5.74) is 5.41. The molecule has 0 fully saturated rings. The number of rotatable bonds is 2. The summed E-state index contributed by atoms with van der Waals surface area (Å²) in [5, 5.41) is 0. The van der Waals surface area contributed by atoms with Gasteiger partial charge >= 0.3 is 0 Å². The minimum atomic E-state index is -0.0571. The zero-order valence-corrected chi connectivity index (χ0v) is 11.3. The molecule has 0 saturated heterocycles. The molecule has 19 heavy (non-hydrogen) atoms. The van der Waals surface area contributed by atoms with Crippen molar-refractivity contribution in [2.45, 2.75) is 32.6 Å². The van der Waals surface area contributed by atoms with Crippen LogP contribution in [0, 0.1) is 13.8 Å². The van der Waals surface area contributed by atoms with Gasteiger partial charge in [0.2, 0.25) is 0 Å². The molecule has 0 spiro atoms. The third kappa shape index (κ3) is 2.07. The quantitative estimate of drug-likeness (QED) is 0.763. The average molecular weight is 251 g/mol. The Bertz CT molecular complexity index is 645. The van der Waals surface area contributed by atoms with E-state index >= 15 is 0 Å². The Morgan fingerprint density at radius 3 is 2.84 bits per heavy atom. The number of hydrogen-bond acceptors (Lipinski definition) is 2. The van der Waals surface area contributed by atoms with E-state index in [1.54, 1.807) is 6.20 Å². The molecule has 1 atom stereocenters. The number of Topliss-reactive ketones (excluding diaryl/α,β-unsaturated/α-hetero) is 1. The van der Waals surface area contributed by atoms with Crippen molar-refractivity contribution < 1.29 is 4.79 Å². The molecule has 2 nitrogen and oxygen atoms in total. The predicted octanol–water partition coefficient (Wildman–Crippen LogP) is 3.61. The minimum absolute atomic E-state index is 0.0571. The average Bonchev–Trinajstić information content (AvgIpc) is 2.85. The summed E-state index contributed by atoms with van der Waals surface area (Å²) in [7, 11) is 0. The lowest BCUT2D eigenvalue weighted by Gasteiger charge is -2.11. The second-order valence-corrected chi connectivity index (χ2v) is 5.30. The molecular formula is C17H17NO. The summed E-state index contributed by atoms with van der Waals surface area (Å²) in [6, 6.07) is 9.98. The molecule has 0 radical (unpaired) electrons. The Labute approximate surface area is 113 Å². The number of carbonyl (C=O) groups excluding carboxylic acids is 1. The second kappa shape index (κ2) is 4.61. The maximum Gasteiger partial charge on any atom is 0.171 e. The third-order valence-electron chi connectivity index (χ3n) is 4.07. The van der Waals surface area contributed by atoms with Crippen molar-refractivity contribution >= 4 is 5.78 Å². The molecular weight excluding hydrogens is 234 g/mol. The molecule has 2 aromatic rings. The topological polar surface area (TPSA) is 30.0 Å². The van der Waals surface area contributed by atoms with Crippen molar-refractivity contribution in [2.75, 3.05) is 0 Å². The van der Waals surface area contributed by atoms with Crippen molar-refractivity contribution in [3.63, 3.8) is 0 Å². The molecule has 0 N–H and O–H groups in total. The van der Waals surface area contributed by atoms with Gasteiger partial charge in [-0.1, -0.05) is 18.2 Å². The number of fused-ring (bicyclic) bond motifs is 1. The van der Waals surface area contributed by atoms with E-state index in [2.05, 4.69) is 18.0 Å². The van der Waals surface area contributed by atoms with Crippen LogP contribution in [0.1, 0.15) is 45.1 Å². The molecule has 2 heteroatoms. The van der Waals surface area contributed by atoms with Crippen LogP contribution in [0.5, 0.6) is 0 Å². The maximum absolute atomic E-state index is 12.6. The molecule has 1 unspecified atom stereocenters. The molecule has 1 aliphatic carbocycles. The van der Waals surface area contributed by atoms with Gasteiger partial charge < -0.3 is 0 Å². The van der Waals surface area contributed by atoms with Crippen molar-refractivity contribution in [1.29, 1.82) is 0 Å². The fourth-order valence-electron chi connectivity index (χ4n) is 2.76. The first-order valence-corrected chi connectivity index (χ1v) is 6.72. The lowest BCUT2D eigenvalue weighted by Crippen LogP contribution is -2.11. The van der Waals surface area contributed by atoms with Crippen molar-refractivity contribution in [3.8, 4) is 0 Å². The van der Waals surface area contributed by atoms with E-state index in [0.717, 1.165) is 24.1 Å². The van der Waals surface area contributed by atoms with E-state index in [9.17, 15) is 4.79 Å². The fourth-order valence-corrected chi connectivity index (χ4v) is 2.76. The smallest absolute Gasteiger partial charge is 0.171 e. The molecule has 1 aromatic heterocycles. The van der Waals surface area contributed by atoms with Gasteiger partial charge in [-0.2, -0.15) is 0 Å². The molecule has 1 aliphatic rings. The summed E-state index contributed by atoms with van der Waals surface area (Å²) in [5.74, 6) is 0.152. The van der Waals surface area contributed by atoms with Crippen LogP contribution >= 0.6 is 0 Å². The largest absolute Gasteiger partial charge is 0.293 e. The molecule has 3 rings (SSSR count). The van der Waals surface area contributed by atoms with Gasteiger partial charge in [0, 0.05) is 11.8 Å². The lowest BCUT2D eigenvalue weighted by molar-refractivity contribution is 0.0958.